The zero-order chi connectivity index (χ0) is 19.3. The van der Waals surface area contributed by atoms with Crippen molar-refractivity contribution in [3.63, 3.8) is 0 Å². The van der Waals surface area contributed by atoms with Crippen molar-refractivity contribution in [2.24, 2.45) is 11.8 Å². The summed E-state index contributed by atoms with van der Waals surface area (Å²) < 4.78 is 11.4. The van der Waals surface area contributed by atoms with Gasteiger partial charge in [0.15, 0.2) is 0 Å². The molecule has 1 aliphatic carbocycles. The van der Waals surface area contributed by atoms with E-state index in [1.54, 1.807) is 7.11 Å². The van der Waals surface area contributed by atoms with Crippen molar-refractivity contribution in [1.82, 2.24) is 4.90 Å². The number of ether oxygens (including phenoxy) is 2. The Kier molecular flexibility index (Phi) is 6.77. The lowest BCUT2D eigenvalue weighted by molar-refractivity contribution is -0.138. The largest absolute Gasteiger partial charge is 0.494 e. The molecule has 0 aromatic heterocycles. The summed E-state index contributed by atoms with van der Waals surface area (Å²) in [6, 6.07) is 7.62. The molecular formula is C22H34N2O3. The Morgan fingerprint density at radius 3 is 2.63 bits per heavy atom. The van der Waals surface area contributed by atoms with Crippen molar-refractivity contribution in [1.29, 1.82) is 0 Å². The minimum Gasteiger partial charge on any atom is -0.494 e. The number of amides is 1. The van der Waals surface area contributed by atoms with Gasteiger partial charge in [-0.15, -0.1) is 0 Å². The lowest BCUT2D eigenvalue weighted by atomic mass is 9.99. The number of carbonyl (C=O) groups excluding carboxylic acids is 1. The maximum absolute atomic E-state index is 12.5. The smallest absolute Gasteiger partial charge is 0.256 e. The topological polar surface area (TPSA) is 50.8 Å². The number of nitrogens with one attached hydrogen (secondary N) is 1. The molecule has 150 valence electrons. The van der Waals surface area contributed by atoms with Crippen molar-refractivity contribution in [3.8, 4) is 5.75 Å². The van der Waals surface area contributed by atoms with Gasteiger partial charge in [0.1, 0.15) is 11.4 Å². The molecule has 1 aromatic rings. The molecule has 2 aliphatic rings. The van der Waals surface area contributed by atoms with E-state index in [0.29, 0.717) is 5.92 Å². The van der Waals surface area contributed by atoms with Gasteiger partial charge in [-0.25, -0.2) is 0 Å². The zero-order valence-corrected chi connectivity index (χ0v) is 17.0. The summed E-state index contributed by atoms with van der Waals surface area (Å²) in [5.41, 5.74) is 0.0415. The van der Waals surface area contributed by atoms with Crippen molar-refractivity contribution >= 4 is 11.6 Å². The van der Waals surface area contributed by atoms with Gasteiger partial charge in [-0.05, 0) is 81.7 Å². The van der Waals surface area contributed by atoms with E-state index in [1.165, 1.54) is 25.9 Å². The molecule has 5 heteroatoms. The number of benzene rings is 1. The molecular weight excluding hydrogens is 340 g/mol. The SMILES string of the molecule is CO[C@@](C)(C(=O)Nc1ccc(OCCCN2CCC[C@@H](C)C2)cc1)C1CC1. The van der Waals surface area contributed by atoms with Crippen LogP contribution in [0.2, 0.25) is 0 Å². The normalized spacial score (nSPS) is 22.9. The van der Waals surface area contributed by atoms with Gasteiger partial charge in [-0.1, -0.05) is 6.92 Å². The molecule has 0 spiro atoms. The zero-order valence-electron chi connectivity index (χ0n) is 17.0. The van der Waals surface area contributed by atoms with Crippen LogP contribution >= 0.6 is 0 Å². The number of hydrogen-bond acceptors (Lipinski definition) is 4. The first kappa shape index (κ1) is 20.2. The van der Waals surface area contributed by atoms with Crippen LogP contribution in [0.1, 0.15) is 46.0 Å². The van der Waals surface area contributed by atoms with Crippen LogP contribution in [0.25, 0.3) is 0 Å². The molecule has 1 aliphatic heterocycles. The van der Waals surface area contributed by atoms with E-state index < -0.39 is 5.60 Å². The van der Waals surface area contributed by atoms with Crippen LogP contribution in [0.15, 0.2) is 24.3 Å². The molecule has 1 heterocycles. The summed E-state index contributed by atoms with van der Waals surface area (Å²) in [7, 11) is 1.61. The fourth-order valence-electron chi connectivity index (χ4n) is 3.94. The first-order chi connectivity index (χ1) is 13.0. The third-order valence-electron chi connectivity index (χ3n) is 5.97. The highest BCUT2D eigenvalue weighted by atomic mass is 16.5. The Bertz CT molecular complexity index is 614. The first-order valence-electron chi connectivity index (χ1n) is 10.3. The number of hydrogen-bond donors (Lipinski definition) is 1. The van der Waals surface area contributed by atoms with Crippen LogP contribution < -0.4 is 10.1 Å². The number of likely N-dealkylation sites (tertiary alicyclic amines) is 1. The van der Waals surface area contributed by atoms with Crippen LogP contribution in [0.5, 0.6) is 5.75 Å². The molecule has 2 atom stereocenters. The molecule has 1 amide bonds. The maximum atomic E-state index is 12.5. The second-order valence-electron chi connectivity index (χ2n) is 8.31. The molecule has 1 saturated heterocycles. The van der Waals surface area contributed by atoms with Gasteiger partial charge < -0.3 is 19.7 Å². The molecule has 0 bridgehead atoms. The molecule has 1 saturated carbocycles. The summed E-state index contributed by atoms with van der Waals surface area (Å²) in [5, 5.41) is 2.97. The third kappa shape index (κ3) is 5.45. The Labute approximate surface area is 163 Å². The lowest BCUT2D eigenvalue weighted by Gasteiger charge is -2.30. The van der Waals surface area contributed by atoms with E-state index in [4.69, 9.17) is 9.47 Å². The molecule has 5 nitrogen and oxygen atoms in total. The number of carbonyl (C=O) groups is 1. The van der Waals surface area contributed by atoms with Gasteiger partial charge in [0, 0.05) is 25.9 Å². The molecule has 0 unspecified atom stereocenters. The molecule has 1 aromatic carbocycles. The lowest BCUT2D eigenvalue weighted by Crippen LogP contribution is -2.44. The monoisotopic (exact) mass is 374 g/mol. The Morgan fingerprint density at radius 1 is 1.26 bits per heavy atom. The minimum absolute atomic E-state index is 0.0723. The van der Waals surface area contributed by atoms with E-state index in [2.05, 4.69) is 17.1 Å². The number of nitrogens with zero attached hydrogens (tertiary/aromatic N) is 1. The van der Waals surface area contributed by atoms with Crippen molar-refractivity contribution in [3.05, 3.63) is 24.3 Å². The third-order valence-corrected chi connectivity index (χ3v) is 5.97. The fraction of sp³-hybridized carbons (Fsp3) is 0.682. The summed E-state index contributed by atoms with van der Waals surface area (Å²) in [6.45, 7) is 8.48. The number of anilines is 1. The summed E-state index contributed by atoms with van der Waals surface area (Å²) in [5.74, 6) is 1.92. The first-order valence-corrected chi connectivity index (χ1v) is 10.3. The average Bonchev–Trinajstić information content (AvgIpc) is 3.51. The second kappa shape index (κ2) is 9.07. The van der Waals surface area contributed by atoms with E-state index in [0.717, 1.165) is 49.8 Å². The van der Waals surface area contributed by atoms with Gasteiger partial charge in [0.2, 0.25) is 0 Å². The highest BCUT2D eigenvalue weighted by molar-refractivity contribution is 5.97. The van der Waals surface area contributed by atoms with E-state index in [9.17, 15) is 4.79 Å². The summed E-state index contributed by atoms with van der Waals surface area (Å²) >= 11 is 0. The maximum Gasteiger partial charge on any atom is 0.256 e. The predicted molar refractivity (Wildman–Crippen MR) is 108 cm³/mol. The van der Waals surface area contributed by atoms with Crippen LogP contribution in [0.4, 0.5) is 5.69 Å². The Morgan fingerprint density at radius 2 is 2.00 bits per heavy atom. The van der Waals surface area contributed by atoms with E-state index >= 15 is 0 Å². The average molecular weight is 375 g/mol. The van der Waals surface area contributed by atoms with Crippen molar-refractivity contribution < 1.29 is 14.3 Å². The number of rotatable bonds is 9. The van der Waals surface area contributed by atoms with Crippen LogP contribution in [-0.4, -0.2) is 49.8 Å². The van der Waals surface area contributed by atoms with Gasteiger partial charge in [0.05, 0.1) is 6.61 Å². The summed E-state index contributed by atoms with van der Waals surface area (Å²) in [4.78, 5) is 15.1. The van der Waals surface area contributed by atoms with Crippen LogP contribution in [0.3, 0.4) is 0 Å². The highest BCUT2D eigenvalue weighted by Crippen LogP contribution is 2.42. The fourth-order valence-corrected chi connectivity index (χ4v) is 3.94. The highest BCUT2D eigenvalue weighted by Gasteiger charge is 2.47. The van der Waals surface area contributed by atoms with Crippen LogP contribution in [0, 0.1) is 11.8 Å². The second-order valence-corrected chi connectivity index (χ2v) is 8.31. The molecule has 3 rings (SSSR count). The number of methoxy groups -OCH3 is 1. The minimum atomic E-state index is -0.735. The standard InChI is InChI=1S/C22H34N2O3/c1-17-6-4-13-24(16-17)14-5-15-27-20-11-9-19(10-12-20)23-21(25)22(2,26-3)18-7-8-18/h9-12,17-18H,4-8,13-16H2,1-3H3,(H,23,25)/t17-,22-/m1/s1. The summed E-state index contributed by atoms with van der Waals surface area (Å²) in [6.07, 6.45) is 5.83. The molecule has 0 radical (unpaired) electrons. The van der Waals surface area contributed by atoms with Gasteiger partial charge >= 0.3 is 0 Å². The van der Waals surface area contributed by atoms with Gasteiger partial charge in [-0.2, -0.15) is 0 Å². The van der Waals surface area contributed by atoms with Crippen molar-refractivity contribution in [2.75, 3.05) is 38.7 Å². The molecule has 2 fully saturated rings. The Balaban J connectivity index is 1.40. The Hall–Kier alpha value is -1.59. The van der Waals surface area contributed by atoms with Gasteiger partial charge in [-0.3, -0.25) is 4.79 Å². The van der Waals surface area contributed by atoms with Crippen molar-refractivity contribution in [2.45, 2.75) is 51.6 Å². The van der Waals surface area contributed by atoms with E-state index in [1.807, 2.05) is 31.2 Å². The molecule has 27 heavy (non-hydrogen) atoms. The number of piperidine rings is 1. The molecule has 1 N–H and O–H groups in total. The predicted octanol–water partition coefficient (Wildman–Crippen LogP) is 3.94. The van der Waals surface area contributed by atoms with Gasteiger partial charge in [0.25, 0.3) is 5.91 Å². The van der Waals surface area contributed by atoms with Crippen LogP contribution in [-0.2, 0) is 9.53 Å². The quantitative estimate of drug-likeness (QED) is 0.665. The van der Waals surface area contributed by atoms with E-state index in [-0.39, 0.29) is 5.91 Å².